The number of nitrogens with zero attached hydrogens (tertiary/aromatic N) is 1. The highest BCUT2D eigenvalue weighted by Crippen LogP contribution is 2.17. The molecule has 2 rings (SSSR count). The summed E-state index contributed by atoms with van der Waals surface area (Å²) in [5.74, 6) is -0.0308. The molecule has 1 unspecified atom stereocenters. The van der Waals surface area contributed by atoms with Crippen LogP contribution in [0.3, 0.4) is 0 Å². The predicted molar refractivity (Wildman–Crippen MR) is 95.4 cm³/mol. The van der Waals surface area contributed by atoms with Crippen molar-refractivity contribution in [3.05, 3.63) is 33.4 Å². The standard InChI is InChI=1S/C17H22INO4/c1-17(2,3)23-16(21)19-8-9-22-11-14(19)15(20)10-12-4-6-13(18)7-5-12/h4-7,14H,8-11H2,1-3H3. The molecule has 1 aliphatic heterocycles. The molecule has 0 aliphatic carbocycles. The molecular weight excluding hydrogens is 409 g/mol. The van der Waals surface area contributed by atoms with Gasteiger partial charge in [0.2, 0.25) is 0 Å². The van der Waals surface area contributed by atoms with Crippen LogP contribution < -0.4 is 0 Å². The smallest absolute Gasteiger partial charge is 0.411 e. The summed E-state index contributed by atoms with van der Waals surface area (Å²) < 4.78 is 11.9. The van der Waals surface area contributed by atoms with E-state index in [-0.39, 0.29) is 18.8 Å². The minimum atomic E-state index is -0.585. The monoisotopic (exact) mass is 431 g/mol. The van der Waals surface area contributed by atoms with Crippen molar-refractivity contribution in [3.63, 3.8) is 0 Å². The van der Waals surface area contributed by atoms with Gasteiger partial charge in [-0.1, -0.05) is 12.1 Å². The summed E-state index contributed by atoms with van der Waals surface area (Å²) in [5, 5.41) is 0. The molecule has 5 nitrogen and oxygen atoms in total. The molecule has 0 spiro atoms. The molecule has 1 amide bonds. The number of Topliss-reactive ketones (excluding diaryl/α,β-unsaturated/α-hetero) is 1. The first-order chi connectivity index (χ1) is 10.8. The Morgan fingerprint density at radius 1 is 1.30 bits per heavy atom. The highest BCUT2D eigenvalue weighted by atomic mass is 127. The largest absolute Gasteiger partial charge is 0.444 e. The average molecular weight is 431 g/mol. The Morgan fingerprint density at radius 3 is 2.57 bits per heavy atom. The number of amides is 1. The topological polar surface area (TPSA) is 55.8 Å². The van der Waals surface area contributed by atoms with Gasteiger partial charge in [0, 0.05) is 16.5 Å². The molecule has 1 heterocycles. The quantitative estimate of drug-likeness (QED) is 0.691. The molecule has 1 aromatic carbocycles. The van der Waals surface area contributed by atoms with Crippen LogP contribution in [0.15, 0.2) is 24.3 Å². The first-order valence-electron chi connectivity index (χ1n) is 7.61. The number of halogens is 1. The molecular formula is C17H22INO4. The number of carbonyl (C=O) groups excluding carboxylic acids is 2. The minimum absolute atomic E-state index is 0.0308. The summed E-state index contributed by atoms with van der Waals surface area (Å²) in [4.78, 5) is 26.4. The van der Waals surface area contributed by atoms with Gasteiger partial charge in [-0.3, -0.25) is 9.69 Å². The molecule has 1 aromatic rings. The SMILES string of the molecule is CC(C)(C)OC(=O)N1CCOCC1C(=O)Cc1ccc(I)cc1. The molecule has 126 valence electrons. The number of carbonyl (C=O) groups is 2. The van der Waals surface area contributed by atoms with Gasteiger partial charge in [-0.25, -0.2) is 4.79 Å². The van der Waals surface area contributed by atoms with Crippen molar-refractivity contribution < 1.29 is 19.1 Å². The first kappa shape index (κ1) is 18.2. The summed E-state index contributed by atoms with van der Waals surface area (Å²) in [6.45, 7) is 6.46. The second-order valence-corrected chi connectivity index (χ2v) is 7.78. The average Bonchev–Trinajstić information content (AvgIpc) is 2.48. The van der Waals surface area contributed by atoms with Crippen molar-refractivity contribution >= 4 is 34.5 Å². The summed E-state index contributed by atoms with van der Waals surface area (Å²) in [7, 11) is 0. The van der Waals surface area contributed by atoms with Crippen LogP contribution in [0.1, 0.15) is 26.3 Å². The van der Waals surface area contributed by atoms with E-state index in [1.165, 1.54) is 4.90 Å². The number of morpholine rings is 1. The van der Waals surface area contributed by atoms with Gasteiger partial charge in [-0.15, -0.1) is 0 Å². The zero-order valence-corrected chi connectivity index (χ0v) is 15.8. The third-order valence-electron chi connectivity index (χ3n) is 3.42. The van der Waals surface area contributed by atoms with Crippen LogP contribution >= 0.6 is 22.6 Å². The second-order valence-electron chi connectivity index (χ2n) is 6.53. The Hall–Kier alpha value is -1.15. The molecule has 0 radical (unpaired) electrons. The molecule has 0 bridgehead atoms. The van der Waals surface area contributed by atoms with E-state index >= 15 is 0 Å². The lowest BCUT2D eigenvalue weighted by molar-refractivity contribution is -0.129. The van der Waals surface area contributed by atoms with Crippen molar-refractivity contribution in [3.8, 4) is 0 Å². The molecule has 6 heteroatoms. The van der Waals surface area contributed by atoms with E-state index < -0.39 is 17.7 Å². The lowest BCUT2D eigenvalue weighted by Gasteiger charge is -2.35. The van der Waals surface area contributed by atoms with Crippen molar-refractivity contribution in [1.82, 2.24) is 4.90 Å². The van der Waals surface area contributed by atoms with E-state index in [2.05, 4.69) is 22.6 Å². The zero-order valence-electron chi connectivity index (χ0n) is 13.7. The maximum absolute atomic E-state index is 12.6. The van der Waals surface area contributed by atoms with Gasteiger partial charge < -0.3 is 9.47 Å². The molecule has 1 aliphatic rings. The predicted octanol–water partition coefficient (Wildman–Crippen LogP) is 3.04. The van der Waals surface area contributed by atoms with Crippen LogP contribution in [-0.4, -0.2) is 48.2 Å². The Balaban J connectivity index is 2.06. The fourth-order valence-electron chi connectivity index (χ4n) is 2.33. The number of ketones is 1. The number of benzene rings is 1. The molecule has 1 saturated heterocycles. The van der Waals surface area contributed by atoms with Crippen molar-refractivity contribution in [2.24, 2.45) is 0 Å². The molecule has 0 saturated carbocycles. The van der Waals surface area contributed by atoms with Crippen LogP contribution in [0, 0.1) is 3.57 Å². The van der Waals surface area contributed by atoms with Gasteiger partial charge in [0.05, 0.1) is 13.2 Å². The lowest BCUT2D eigenvalue weighted by atomic mass is 10.0. The second kappa shape index (κ2) is 7.61. The third kappa shape index (κ3) is 5.46. The Bertz CT molecular complexity index is 565. The summed E-state index contributed by atoms with van der Waals surface area (Å²) >= 11 is 2.22. The number of ether oxygens (including phenoxy) is 2. The highest BCUT2D eigenvalue weighted by molar-refractivity contribution is 14.1. The van der Waals surface area contributed by atoms with E-state index in [0.717, 1.165) is 9.13 Å². The van der Waals surface area contributed by atoms with Gasteiger partial charge in [0.1, 0.15) is 11.6 Å². The van der Waals surface area contributed by atoms with Gasteiger partial charge in [0.15, 0.2) is 5.78 Å². The molecule has 1 atom stereocenters. The molecule has 1 fully saturated rings. The van der Waals surface area contributed by atoms with Gasteiger partial charge >= 0.3 is 6.09 Å². The molecule has 23 heavy (non-hydrogen) atoms. The van der Waals surface area contributed by atoms with E-state index in [0.29, 0.717) is 13.2 Å². The zero-order chi connectivity index (χ0) is 17.0. The Labute approximate surface area is 150 Å². The van der Waals surface area contributed by atoms with Gasteiger partial charge in [-0.05, 0) is 61.1 Å². The maximum Gasteiger partial charge on any atom is 0.411 e. The van der Waals surface area contributed by atoms with E-state index in [1.807, 2.05) is 45.0 Å². The summed E-state index contributed by atoms with van der Waals surface area (Å²) in [6.07, 6.45) is -0.175. The van der Waals surface area contributed by atoms with Crippen molar-refractivity contribution in [1.29, 1.82) is 0 Å². The van der Waals surface area contributed by atoms with Crippen molar-refractivity contribution in [2.75, 3.05) is 19.8 Å². The number of hydrogen-bond donors (Lipinski definition) is 0. The van der Waals surface area contributed by atoms with Crippen LogP contribution in [0.2, 0.25) is 0 Å². The van der Waals surface area contributed by atoms with Crippen LogP contribution in [-0.2, 0) is 20.7 Å². The maximum atomic E-state index is 12.6. The number of rotatable bonds is 3. The highest BCUT2D eigenvalue weighted by Gasteiger charge is 2.35. The lowest BCUT2D eigenvalue weighted by Crippen LogP contribution is -2.54. The number of hydrogen-bond acceptors (Lipinski definition) is 4. The van der Waals surface area contributed by atoms with Gasteiger partial charge in [0.25, 0.3) is 0 Å². The van der Waals surface area contributed by atoms with Crippen LogP contribution in [0.4, 0.5) is 4.79 Å². The molecule has 0 aromatic heterocycles. The van der Waals surface area contributed by atoms with E-state index in [9.17, 15) is 9.59 Å². The molecule has 0 N–H and O–H groups in total. The Kier molecular flexibility index (Phi) is 6.02. The van der Waals surface area contributed by atoms with Crippen molar-refractivity contribution in [2.45, 2.75) is 38.8 Å². The van der Waals surface area contributed by atoms with E-state index in [1.54, 1.807) is 0 Å². The van der Waals surface area contributed by atoms with Crippen LogP contribution in [0.5, 0.6) is 0 Å². The Morgan fingerprint density at radius 2 is 1.96 bits per heavy atom. The fourth-order valence-corrected chi connectivity index (χ4v) is 2.69. The minimum Gasteiger partial charge on any atom is -0.444 e. The third-order valence-corrected chi connectivity index (χ3v) is 4.14. The summed E-state index contributed by atoms with van der Waals surface area (Å²) in [6, 6.07) is 7.21. The summed E-state index contributed by atoms with van der Waals surface area (Å²) in [5.41, 5.74) is 0.351. The van der Waals surface area contributed by atoms with Gasteiger partial charge in [-0.2, -0.15) is 0 Å². The normalized spacial score (nSPS) is 18.6. The van der Waals surface area contributed by atoms with E-state index in [4.69, 9.17) is 9.47 Å². The van der Waals surface area contributed by atoms with Crippen LogP contribution in [0.25, 0.3) is 0 Å². The fraction of sp³-hybridized carbons (Fsp3) is 0.529. The first-order valence-corrected chi connectivity index (χ1v) is 8.69.